The molecular weight excluding hydrogens is 308 g/mol. The number of hydrogen-bond donors (Lipinski definition) is 3. The van der Waals surface area contributed by atoms with Gasteiger partial charge >= 0.3 is 0 Å². The number of aromatic nitrogens is 2. The lowest BCUT2D eigenvalue weighted by atomic mass is 10.4. The minimum Gasteiger partial charge on any atom is -0.309 e. The number of rotatable bonds is 7. The normalized spacial score (nSPS) is 15.5. The van der Waals surface area contributed by atoms with Gasteiger partial charge in [0, 0.05) is 40.6 Å². The van der Waals surface area contributed by atoms with Gasteiger partial charge in [0.2, 0.25) is 10.0 Å². The van der Waals surface area contributed by atoms with Crippen LogP contribution in [0, 0.1) is 6.92 Å². The molecule has 114 valence electrons. The topological polar surface area (TPSA) is 86.9 Å². The summed E-state index contributed by atoms with van der Waals surface area (Å²) >= 11 is 1.53. The molecule has 0 aliphatic heterocycles. The third-order valence-electron chi connectivity index (χ3n) is 3.38. The van der Waals surface area contributed by atoms with Crippen LogP contribution in [0.3, 0.4) is 0 Å². The molecule has 1 fully saturated rings. The summed E-state index contributed by atoms with van der Waals surface area (Å²) < 4.78 is 27.3. The van der Waals surface area contributed by atoms with E-state index in [-0.39, 0.29) is 6.54 Å². The summed E-state index contributed by atoms with van der Waals surface area (Å²) in [7, 11) is -3.48. The molecule has 2 aromatic heterocycles. The Kier molecular flexibility index (Phi) is 4.12. The highest BCUT2D eigenvalue weighted by atomic mass is 32.2. The van der Waals surface area contributed by atoms with Crippen LogP contribution >= 0.6 is 11.3 Å². The lowest BCUT2D eigenvalue weighted by Gasteiger charge is -2.04. The number of H-pyrrole nitrogens is 1. The van der Waals surface area contributed by atoms with E-state index < -0.39 is 10.0 Å². The molecule has 0 spiro atoms. The van der Waals surface area contributed by atoms with E-state index in [9.17, 15) is 8.42 Å². The van der Waals surface area contributed by atoms with E-state index in [2.05, 4.69) is 20.2 Å². The molecule has 0 amide bonds. The molecule has 0 saturated heterocycles. The van der Waals surface area contributed by atoms with E-state index in [4.69, 9.17) is 0 Å². The fourth-order valence-corrected chi connectivity index (χ4v) is 4.64. The second-order valence-corrected chi connectivity index (χ2v) is 8.30. The van der Waals surface area contributed by atoms with Crippen molar-refractivity contribution in [2.45, 2.75) is 43.8 Å². The van der Waals surface area contributed by atoms with Crippen molar-refractivity contribution in [3.8, 4) is 0 Å². The first kappa shape index (κ1) is 14.7. The second kappa shape index (κ2) is 5.88. The number of sulfonamides is 1. The first-order valence-electron chi connectivity index (χ1n) is 6.84. The number of thiophene rings is 1. The molecule has 0 atom stereocenters. The number of nitrogens with one attached hydrogen (secondary N) is 3. The Morgan fingerprint density at radius 3 is 2.90 bits per heavy atom. The van der Waals surface area contributed by atoms with Gasteiger partial charge in [0.1, 0.15) is 0 Å². The Bertz CT molecular complexity index is 703. The highest BCUT2D eigenvalue weighted by Gasteiger charge is 2.23. The monoisotopic (exact) mass is 326 g/mol. The summed E-state index contributed by atoms with van der Waals surface area (Å²) in [6, 6.07) is 2.39. The van der Waals surface area contributed by atoms with Gasteiger partial charge in [-0.1, -0.05) is 0 Å². The lowest BCUT2D eigenvalue weighted by molar-refractivity contribution is 0.581. The predicted octanol–water partition coefficient (Wildman–Crippen LogP) is 1.51. The van der Waals surface area contributed by atoms with Crippen molar-refractivity contribution >= 4 is 21.4 Å². The average Bonchev–Trinajstić information content (AvgIpc) is 2.97. The fourth-order valence-electron chi connectivity index (χ4n) is 2.04. The highest BCUT2D eigenvalue weighted by Crippen LogP contribution is 2.27. The molecule has 8 heteroatoms. The van der Waals surface area contributed by atoms with Crippen LogP contribution in [0.5, 0.6) is 0 Å². The van der Waals surface area contributed by atoms with E-state index in [0.717, 1.165) is 21.9 Å². The summed E-state index contributed by atoms with van der Waals surface area (Å²) in [6.07, 6.45) is 5.73. The number of nitrogens with zero attached hydrogens (tertiary/aromatic N) is 1. The molecule has 0 radical (unpaired) electrons. The van der Waals surface area contributed by atoms with E-state index in [1.54, 1.807) is 18.5 Å². The van der Waals surface area contributed by atoms with Crippen LogP contribution in [0.4, 0.5) is 0 Å². The van der Waals surface area contributed by atoms with Gasteiger partial charge in [-0.3, -0.25) is 5.10 Å². The van der Waals surface area contributed by atoms with Crippen molar-refractivity contribution in [1.82, 2.24) is 20.2 Å². The van der Waals surface area contributed by atoms with Crippen LogP contribution in [0.2, 0.25) is 0 Å². The molecule has 0 aromatic carbocycles. The molecule has 1 aliphatic carbocycles. The number of hydrogen-bond acceptors (Lipinski definition) is 5. The van der Waals surface area contributed by atoms with Gasteiger partial charge in [-0.2, -0.15) is 5.10 Å². The first-order chi connectivity index (χ1) is 10.0. The van der Waals surface area contributed by atoms with Gasteiger partial charge in [0.25, 0.3) is 0 Å². The van der Waals surface area contributed by atoms with Gasteiger partial charge in [-0.15, -0.1) is 11.3 Å². The van der Waals surface area contributed by atoms with E-state index >= 15 is 0 Å². The molecule has 2 heterocycles. The summed E-state index contributed by atoms with van der Waals surface area (Å²) in [6.45, 7) is 2.83. The van der Waals surface area contributed by atoms with Crippen molar-refractivity contribution < 1.29 is 8.42 Å². The maximum Gasteiger partial charge on any atom is 0.241 e. The third-order valence-corrected chi connectivity index (χ3v) is 6.08. The number of aryl methyl sites for hydroxylation is 1. The standard InChI is InChI=1S/C13H18N4O2S2/c1-9-13(4-12(20-9)8-14-11-2-3-11)21(18,19)17-7-10-5-15-16-6-10/h4-6,11,14,17H,2-3,7-8H2,1H3,(H,15,16). The summed E-state index contributed by atoms with van der Waals surface area (Å²) in [5, 5.41) is 9.86. The zero-order valence-corrected chi connectivity index (χ0v) is 13.4. The molecule has 3 N–H and O–H groups in total. The van der Waals surface area contributed by atoms with Crippen molar-refractivity contribution in [3.63, 3.8) is 0 Å². The van der Waals surface area contributed by atoms with Crippen LogP contribution in [0.1, 0.15) is 28.2 Å². The maximum absolute atomic E-state index is 12.4. The fraction of sp³-hybridized carbons (Fsp3) is 0.462. The molecule has 1 aliphatic rings. The summed E-state index contributed by atoms with van der Waals surface area (Å²) in [5.41, 5.74) is 0.807. The Labute approximate surface area is 128 Å². The molecule has 2 aromatic rings. The average molecular weight is 326 g/mol. The predicted molar refractivity (Wildman–Crippen MR) is 81.5 cm³/mol. The van der Waals surface area contributed by atoms with Crippen molar-refractivity contribution in [2.75, 3.05) is 0 Å². The summed E-state index contributed by atoms with van der Waals surface area (Å²) in [5.74, 6) is 0. The quantitative estimate of drug-likeness (QED) is 0.720. The van der Waals surface area contributed by atoms with Crippen molar-refractivity contribution in [2.24, 2.45) is 0 Å². The van der Waals surface area contributed by atoms with Crippen molar-refractivity contribution in [1.29, 1.82) is 0 Å². The maximum atomic E-state index is 12.4. The number of aromatic amines is 1. The minimum atomic E-state index is -3.48. The van der Waals surface area contributed by atoms with Crippen molar-refractivity contribution in [3.05, 3.63) is 33.8 Å². The largest absolute Gasteiger partial charge is 0.309 e. The van der Waals surface area contributed by atoms with Crippen LogP contribution in [-0.2, 0) is 23.1 Å². The Morgan fingerprint density at radius 1 is 1.43 bits per heavy atom. The molecule has 21 heavy (non-hydrogen) atoms. The van der Waals surface area contributed by atoms with E-state index in [1.165, 1.54) is 24.2 Å². The van der Waals surface area contributed by atoms with E-state index in [0.29, 0.717) is 10.9 Å². The lowest BCUT2D eigenvalue weighted by Crippen LogP contribution is -2.23. The van der Waals surface area contributed by atoms with Crippen LogP contribution in [0.15, 0.2) is 23.4 Å². The molecule has 1 saturated carbocycles. The zero-order chi connectivity index (χ0) is 14.9. The second-order valence-electron chi connectivity index (χ2n) is 5.22. The third kappa shape index (κ3) is 3.70. The smallest absolute Gasteiger partial charge is 0.241 e. The van der Waals surface area contributed by atoms with Gasteiger partial charge < -0.3 is 5.32 Å². The highest BCUT2D eigenvalue weighted by molar-refractivity contribution is 7.89. The molecule has 0 unspecified atom stereocenters. The Hall–Kier alpha value is -1.22. The first-order valence-corrected chi connectivity index (χ1v) is 9.14. The van der Waals surface area contributed by atoms with Crippen LogP contribution in [0.25, 0.3) is 0 Å². The van der Waals surface area contributed by atoms with Gasteiger partial charge in [0.05, 0.1) is 11.1 Å². The Balaban J connectivity index is 1.68. The van der Waals surface area contributed by atoms with Gasteiger partial charge in [-0.25, -0.2) is 13.1 Å². The summed E-state index contributed by atoms with van der Waals surface area (Å²) in [4.78, 5) is 2.26. The van der Waals surface area contributed by atoms with Gasteiger partial charge in [0.15, 0.2) is 0 Å². The molecule has 0 bridgehead atoms. The Morgan fingerprint density at radius 2 is 2.24 bits per heavy atom. The van der Waals surface area contributed by atoms with Gasteiger partial charge in [-0.05, 0) is 25.8 Å². The van der Waals surface area contributed by atoms with Crippen LogP contribution < -0.4 is 10.0 Å². The SMILES string of the molecule is Cc1sc(CNC2CC2)cc1S(=O)(=O)NCc1cn[nH]c1. The zero-order valence-electron chi connectivity index (χ0n) is 11.7. The van der Waals surface area contributed by atoms with Crippen LogP contribution in [-0.4, -0.2) is 24.7 Å². The molecule has 3 rings (SSSR count). The molecular formula is C13H18N4O2S2. The van der Waals surface area contributed by atoms with E-state index in [1.807, 2.05) is 6.92 Å². The molecule has 6 nitrogen and oxygen atoms in total. The minimum absolute atomic E-state index is 0.240.